The van der Waals surface area contributed by atoms with Gasteiger partial charge in [0.1, 0.15) is 5.75 Å². The average Bonchev–Trinajstić information content (AvgIpc) is 2.33. The highest BCUT2D eigenvalue weighted by molar-refractivity contribution is 5.95. The molecule has 1 aromatic rings. The van der Waals surface area contributed by atoms with Crippen molar-refractivity contribution in [2.24, 2.45) is 0 Å². The molecule has 0 aliphatic heterocycles. The summed E-state index contributed by atoms with van der Waals surface area (Å²) in [4.78, 5) is 12.0. The Morgan fingerprint density at radius 2 is 2.29 bits per heavy atom. The van der Waals surface area contributed by atoms with Crippen molar-refractivity contribution in [1.82, 2.24) is 5.32 Å². The van der Waals surface area contributed by atoms with Crippen molar-refractivity contribution in [3.63, 3.8) is 0 Å². The van der Waals surface area contributed by atoms with Gasteiger partial charge in [-0.05, 0) is 37.5 Å². The lowest BCUT2D eigenvalue weighted by Crippen LogP contribution is -2.56. The summed E-state index contributed by atoms with van der Waals surface area (Å²) in [5.74, 6) is 0.502. The molecule has 0 atom stereocenters. The molecule has 0 radical (unpaired) electrons. The number of carbonyl (C=O) groups excluding carboxylic acids is 1. The van der Waals surface area contributed by atoms with E-state index in [-0.39, 0.29) is 12.5 Å². The molecular weight excluding hydrogens is 218 g/mol. The molecule has 1 fully saturated rings. The maximum absolute atomic E-state index is 12.0. The van der Waals surface area contributed by atoms with Gasteiger partial charge in [-0.2, -0.15) is 0 Å². The topological polar surface area (TPSA) is 58.6 Å². The van der Waals surface area contributed by atoms with Crippen LogP contribution in [0.5, 0.6) is 5.75 Å². The Bertz CT molecular complexity index is 407. The van der Waals surface area contributed by atoms with Gasteiger partial charge in [-0.25, -0.2) is 0 Å². The average molecular weight is 235 g/mol. The van der Waals surface area contributed by atoms with Crippen LogP contribution < -0.4 is 10.1 Å². The highest BCUT2D eigenvalue weighted by atomic mass is 16.5. The van der Waals surface area contributed by atoms with Gasteiger partial charge in [-0.15, -0.1) is 0 Å². The third-order valence-electron chi connectivity index (χ3n) is 3.32. The SMILES string of the molecule is COc1cccc(C(=O)NC2(CO)CCC2)c1. The minimum atomic E-state index is -0.403. The summed E-state index contributed by atoms with van der Waals surface area (Å²) < 4.78 is 5.07. The zero-order valence-electron chi connectivity index (χ0n) is 9.90. The number of ether oxygens (including phenoxy) is 1. The van der Waals surface area contributed by atoms with Crippen molar-refractivity contribution in [3.05, 3.63) is 29.8 Å². The summed E-state index contributed by atoms with van der Waals surface area (Å²) in [6.07, 6.45) is 2.75. The highest BCUT2D eigenvalue weighted by Crippen LogP contribution is 2.31. The number of aliphatic hydroxyl groups excluding tert-OH is 1. The number of nitrogens with one attached hydrogen (secondary N) is 1. The fourth-order valence-corrected chi connectivity index (χ4v) is 2.00. The Balaban J connectivity index is 2.08. The van der Waals surface area contributed by atoms with Crippen LogP contribution in [-0.4, -0.2) is 30.3 Å². The highest BCUT2D eigenvalue weighted by Gasteiger charge is 2.37. The van der Waals surface area contributed by atoms with Crippen molar-refractivity contribution in [1.29, 1.82) is 0 Å². The van der Waals surface area contributed by atoms with Gasteiger partial charge < -0.3 is 15.2 Å². The van der Waals surface area contributed by atoms with E-state index in [2.05, 4.69) is 5.32 Å². The molecule has 0 unspecified atom stereocenters. The smallest absolute Gasteiger partial charge is 0.251 e. The second-order valence-corrected chi connectivity index (χ2v) is 4.48. The number of amides is 1. The Kier molecular flexibility index (Phi) is 3.33. The first-order valence-electron chi connectivity index (χ1n) is 5.76. The van der Waals surface area contributed by atoms with Crippen molar-refractivity contribution in [2.75, 3.05) is 13.7 Å². The number of rotatable bonds is 4. The normalized spacial score (nSPS) is 17.1. The van der Waals surface area contributed by atoms with E-state index in [0.717, 1.165) is 19.3 Å². The molecule has 0 spiro atoms. The lowest BCUT2D eigenvalue weighted by Gasteiger charge is -2.40. The minimum absolute atomic E-state index is 0.00269. The molecule has 0 bridgehead atoms. The van der Waals surface area contributed by atoms with Crippen molar-refractivity contribution in [3.8, 4) is 5.75 Å². The molecular formula is C13H17NO3. The Morgan fingerprint density at radius 1 is 1.53 bits per heavy atom. The molecule has 92 valence electrons. The van der Waals surface area contributed by atoms with E-state index in [1.165, 1.54) is 0 Å². The third kappa shape index (κ3) is 2.42. The maximum Gasteiger partial charge on any atom is 0.251 e. The zero-order chi connectivity index (χ0) is 12.3. The Labute approximate surface area is 101 Å². The largest absolute Gasteiger partial charge is 0.497 e. The van der Waals surface area contributed by atoms with Gasteiger partial charge in [0, 0.05) is 5.56 Å². The van der Waals surface area contributed by atoms with Crippen LogP contribution in [0.25, 0.3) is 0 Å². The van der Waals surface area contributed by atoms with Crippen molar-refractivity contribution in [2.45, 2.75) is 24.8 Å². The van der Waals surface area contributed by atoms with Gasteiger partial charge in [0.25, 0.3) is 5.91 Å². The molecule has 17 heavy (non-hydrogen) atoms. The van der Waals surface area contributed by atoms with E-state index >= 15 is 0 Å². The standard InChI is InChI=1S/C13H17NO3/c1-17-11-5-2-4-10(8-11)12(16)14-13(9-15)6-3-7-13/h2,4-5,8,15H,3,6-7,9H2,1H3,(H,14,16). The number of aliphatic hydroxyl groups is 1. The van der Waals surface area contributed by atoms with Crippen LogP contribution in [0.15, 0.2) is 24.3 Å². The van der Waals surface area contributed by atoms with E-state index in [4.69, 9.17) is 4.74 Å². The van der Waals surface area contributed by atoms with Gasteiger partial charge in [-0.1, -0.05) is 6.07 Å². The predicted octanol–water partition coefficient (Wildman–Crippen LogP) is 1.34. The van der Waals surface area contributed by atoms with Crippen LogP contribution in [0.3, 0.4) is 0 Å². The number of hydrogen-bond acceptors (Lipinski definition) is 3. The summed E-state index contributed by atoms with van der Waals surface area (Å²) in [7, 11) is 1.57. The summed E-state index contributed by atoms with van der Waals surface area (Å²) in [6.45, 7) is 0.00269. The molecule has 1 aliphatic rings. The van der Waals surface area contributed by atoms with E-state index in [1.807, 2.05) is 0 Å². The number of hydrogen-bond donors (Lipinski definition) is 2. The second kappa shape index (κ2) is 4.75. The third-order valence-corrected chi connectivity index (χ3v) is 3.32. The Hall–Kier alpha value is -1.55. The van der Waals surface area contributed by atoms with Crippen molar-refractivity contribution >= 4 is 5.91 Å². The first-order valence-corrected chi connectivity index (χ1v) is 5.76. The molecule has 0 aromatic heterocycles. The van der Waals surface area contributed by atoms with Crippen molar-refractivity contribution < 1.29 is 14.6 Å². The minimum Gasteiger partial charge on any atom is -0.497 e. The van der Waals surface area contributed by atoms with Crippen LogP contribution in [0.1, 0.15) is 29.6 Å². The van der Waals surface area contributed by atoms with Crippen LogP contribution >= 0.6 is 0 Å². The van der Waals surface area contributed by atoms with Crippen LogP contribution in [0, 0.1) is 0 Å². The Morgan fingerprint density at radius 3 is 2.82 bits per heavy atom. The molecule has 2 rings (SSSR count). The molecule has 4 nitrogen and oxygen atoms in total. The quantitative estimate of drug-likeness (QED) is 0.828. The fourth-order valence-electron chi connectivity index (χ4n) is 2.00. The molecule has 2 N–H and O–H groups in total. The summed E-state index contributed by atoms with van der Waals surface area (Å²) >= 11 is 0. The molecule has 1 aliphatic carbocycles. The lowest BCUT2D eigenvalue weighted by atomic mass is 9.77. The molecule has 1 amide bonds. The summed E-state index contributed by atoms with van der Waals surface area (Å²) in [6, 6.07) is 7.00. The molecule has 1 aromatic carbocycles. The lowest BCUT2D eigenvalue weighted by molar-refractivity contribution is 0.0641. The van der Waals surface area contributed by atoms with E-state index < -0.39 is 5.54 Å². The summed E-state index contributed by atoms with van der Waals surface area (Å²) in [5.41, 5.74) is 0.157. The first-order chi connectivity index (χ1) is 8.19. The van der Waals surface area contributed by atoms with E-state index in [9.17, 15) is 9.90 Å². The predicted molar refractivity (Wildman–Crippen MR) is 64.1 cm³/mol. The van der Waals surface area contributed by atoms with E-state index in [0.29, 0.717) is 11.3 Å². The number of carbonyl (C=O) groups is 1. The van der Waals surface area contributed by atoms with Gasteiger partial charge in [-0.3, -0.25) is 4.79 Å². The zero-order valence-corrected chi connectivity index (χ0v) is 9.90. The van der Waals surface area contributed by atoms with Crippen LogP contribution in [0.2, 0.25) is 0 Å². The van der Waals surface area contributed by atoms with Crippen LogP contribution in [-0.2, 0) is 0 Å². The monoisotopic (exact) mass is 235 g/mol. The van der Waals surface area contributed by atoms with Gasteiger partial charge >= 0.3 is 0 Å². The maximum atomic E-state index is 12.0. The molecule has 0 saturated heterocycles. The number of methoxy groups -OCH3 is 1. The van der Waals surface area contributed by atoms with Gasteiger partial charge in [0.2, 0.25) is 0 Å². The van der Waals surface area contributed by atoms with Gasteiger partial charge in [0.05, 0.1) is 19.3 Å². The molecule has 0 heterocycles. The number of benzene rings is 1. The molecule has 1 saturated carbocycles. The van der Waals surface area contributed by atoms with E-state index in [1.54, 1.807) is 31.4 Å². The van der Waals surface area contributed by atoms with Crippen LogP contribution in [0.4, 0.5) is 0 Å². The first kappa shape index (κ1) is 11.9. The van der Waals surface area contributed by atoms with Gasteiger partial charge in [0.15, 0.2) is 0 Å². The fraction of sp³-hybridized carbons (Fsp3) is 0.462. The summed E-state index contributed by atoms with van der Waals surface area (Å²) in [5, 5.41) is 12.2. The molecule has 4 heteroatoms. The second-order valence-electron chi connectivity index (χ2n) is 4.48.